The molecule has 4 rings (SSSR count). The molecule has 0 aliphatic heterocycles. The van der Waals surface area contributed by atoms with E-state index in [1.165, 1.54) is 0 Å². The number of rotatable bonds is 3. The fourth-order valence-corrected chi connectivity index (χ4v) is 2.84. The van der Waals surface area contributed by atoms with Gasteiger partial charge in [0.25, 0.3) is 0 Å². The minimum Gasteiger partial charge on any atom is -0.338 e. The van der Waals surface area contributed by atoms with E-state index >= 15 is 0 Å². The summed E-state index contributed by atoms with van der Waals surface area (Å²) in [6, 6.07) is 13.7. The summed E-state index contributed by atoms with van der Waals surface area (Å²) in [6.07, 6.45) is 3.82. The van der Waals surface area contributed by atoms with Crippen molar-refractivity contribution in [3.8, 4) is 22.5 Å². The number of hydrogen-bond donors (Lipinski definition) is 1. The second kappa shape index (κ2) is 5.45. The van der Waals surface area contributed by atoms with E-state index in [1.54, 1.807) is 17.7 Å². The third-order valence-electron chi connectivity index (χ3n) is 4.09. The van der Waals surface area contributed by atoms with Gasteiger partial charge in [-0.2, -0.15) is 5.10 Å². The molecule has 2 heterocycles. The molecule has 5 heteroatoms. The van der Waals surface area contributed by atoms with Gasteiger partial charge >= 0.3 is 0 Å². The van der Waals surface area contributed by atoms with Crippen molar-refractivity contribution in [1.82, 2.24) is 19.7 Å². The highest BCUT2D eigenvalue weighted by Gasteiger charge is 2.11. The fraction of sp³-hybridized carbons (Fsp3) is 0.105. The number of para-hydroxylation sites is 1. The predicted molar refractivity (Wildman–Crippen MR) is 93.7 cm³/mol. The standard InChI is InChI=1S/C19H16N4O/c1-12(24)16-4-3-5-17-18(16)22-19(21-17)14-8-6-13(7-9-14)15-10-20-23(2)11-15/h3-11H,1-2H3,(H,21,22). The largest absolute Gasteiger partial charge is 0.338 e. The van der Waals surface area contributed by atoms with E-state index in [-0.39, 0.29) is 5.78 Å². The first kappa shape index (κ1) is 14.4. The van der Waals surface area contributed by atoms with Crippen LogP contribution in [0.4, 0.5) is 0 Å². The molecule has 0 spiro atoms. The van der Waals surface area contributed by atoms with Crippen LogP contribution in [0.5, 0.6) is 0 Å². The van der Waals surface area contributed by atoms with Gasteiger partial charge in [-0.25, -0.2) is 4.98 Å². The molecular formula is C19H16N4O. The number of ketones is 1. The number of carbonyl (C=O) groups excluding carboxylic acids is 1. The van der Waals surface area contributed by atoms with Gasteiger partial charge in [0, 0.05) is 29.9 Å². The molecule has 5 nitrogen and oxygen atoms in total. The highest BCUT2D eigenvalue weighted by Crippen LogP contribution is 2.26. The van der Waals surface area contributed by atoms with E-state index in [9.17, 15) is 4.79 Å². The summed E-state index contributed by atoms with van der Waals surface area (Å²) in [5, 5.41) is 4.19. The van der Waals surface area contributed by atoms with Gasteiger partial charge in [-0.15, -0.1) is 0 Å². The van der Waals surface area contributed by atoms with Gasteiger partial charge in [-0.05, 0) is 24.6 Å². The summed E-state index contributed by atoms with van der Waals surface area (Å²) in [5.74, 6) is 0.780. The summed E-state index contributed by atoms with van der Waals surface area (Å²) in [4.78, 5) is 19.7. The molecule has 24 heavy (non-hydrogen) atoms. The van der Waals surface area contributed by atoms with Crippen molar-refractivity contribution in [3.63, 3.8) is 0 Å². The Labute approximate surface area is 139 Å². The first-order chi connectivity index (χ1) is 11.6. The summed E-state index contributed by atoms with van der Waals surface area (Å²) in [5.41, 5.74) is 5.39. The van der Waals surface area contributed by atoms with Crippen molar-refractivity contribution in [1.29, 1.82) is 0 Å². The van der Waals surface area contributed by atoms with Crippen LogP contribution in [0.2, 0.25) is 0 Å². The fourth-order valence-electron chi connectivity index (χ4n) is 2.84. The van der Waals surface area contributed by atoms with E-state index in [2.05, 4.69) is 15.1 Å². The highest BCUT2D eigenvalue weighted by molar-refractivity contribution is 6.05. The lowest BCUT2D eigenvalue weighted by Gasteiger charge is -2.00. The Bertz CT molecular complexity index is 1040. The number of benzene rings is 2. The predicted octanol–water partition coefficient (Wildman–Crippen LogP) is 3.83. The van der Waals surface area contributed by atoms with Crippen LogP contribution in [0.15, 0.2) is 54.9 Å². The summed E-state index contributed by atoms with van der Waals surface area (Å²) in [7, 11) is 1.90. The molecule has 2 aromatic carbocycles. The number of aryl methyl sites for hydroxylation is 1. The summed E-state index contributed by atoms with van der Waals surface area (Å²) >= 11 is 0. The number of carbonyl (C=O) groups is 1. The molecule has 0 unspecified atom stereocenters. The molecule has 0 atom stereocenters. The Kier molecular flexibility index (Phi) is 3.27. The first-order valence-corrected chi connectivity index (χ1v) is 7.71. The number of nitrogens with one attached hydrogen (secondary N) is 1. The number of Topliss-reactive ketones (excluding diaryl/α,β-unsaturated/α-hetero) is 1. The highest BCUT2D eigenvalue weighted by atomic mass is 16.1. The molecule has 4 aromatic rings. The summed E-state index contributed by atoms with van der Waals surface area (Å²) in [6.45, 7) is 1.56. The molecule has 1 N–H and O–H groups in total. The average molecular weight is 316 g/mol. The van der Waals surface area contributed by atoms with Crippen molar-refractivity contribution >= 4 is 16.8 Å². The van der Waals surface area contributed by atoms with E-state index in [4.69, 9.17) is 0 Å². The monoisotopic (exact) mass is 316 g/mol. The maximum atomic E-state index is 11.7. The van der Waals surface area contributed by atoms with Crippen LogP contribution in [-0.2, 0) is 7.05 Å². The number of nitrogens with zero attached hydrogens (tertiary/aromatic N) is 3. The second-order valence-corrected chi connectivity index (χ2v) is 5.82. The smallest absolute Gasteiger partial charge is 0.162 e. The molecule has 0 saturated carbocycles. The van der Waals surface area contributed by atoms with Gasteiger partial charge in [-0.3, -0.25) is 9.48 Å². The quantitative estimate of drug-likeness (QED) is 0.584. The van der Waals surface area contributed by atoms with Gasteiger partial charge in [0.2, 0.25) is 0 Å². The number of aromatic amines is 1. The van der Waals surface area contributed by atoms with Crippen molar-refractivity contribution < 1.29 is 4.79 Å². The van der Waals surface area contributed by atoms with Crippen molar-refractivity contribution in [2.75, 3.05) is 0 Å². The number of aromatic nitrogens is 4. The lowest BCUT2D eigenvalue weighted by Crippen LogP contribution is -1.92. The van der Waals surface area contributed by atoms with Crippen LogP contribution in [0, 0.1) is 0 Å². The SMILES string of the molecule is CC(=O)c1cccc2[nH]c(-c3ccc(-c4cnn(C)c4)cc3)nc12. The molecule has 0 saturated heterocycles. The molecule has 0 fully saturated rings. The molecular weight excluding hydrogens is 300 g/mol. The van der Waals surface area contributed by atoms with Crippen LogP contribution >= 0.6 is 0 Å². The minimum absolute atomic E-state index is 0.0191. The number of fused-ring (bicyclic) bond motifs is 1. The van der Waals surface area contributed by atoms with Gasteiger partial charge in [-0.1, -0.05) is 30.3 Å². The maximum Gasteiger partial charge on any atom is 0.162 e. The Morgan fingerprint density at radius 1 is 1.04 bits per heavy atom. The number of imidazole rings is 1. The van der Waals surface area contributed by atoms with Crippen molar-refractivity contribution in [3.05, 3.63) is 60.4 Å². The third kappa shape index (κ3) is 2.40. The molecule has 0 amide bonds. The lowest BCUT2D eigenvalue weighted by molar-refractivity contribution is 0.101. The minimum atomic E-state index is 0.0191. The molecule has 0 bridgehead atoms. The molecule has 0 aliphatic rings. The second-order valence-electron chi connectivity index (χ2n) is 5.82. The zero-order valence-electron chi connectivity index (χ0n) is 13.4. The van der Waals surface area contributed by atoms with E-state index in [1.807, 2.05) is 55.8 Å². The lowest BCUT2D eigenvalue weighted by atomic mass is 10.1. The topological polar surface area (TPSA) is 63.6 Å². The molecule has 2 aromatic heterocycles. The van der Waals surface area contributed by atoms with Crippen molar-refractivity contribution in [2.24, 2.45) is 7.05 Å². The normalized spacial score (nSPS) is 11.1. The van der Waals surface area contributed by atoms with E-state index in [0.717, 1.165) is 33.5 Å². The average Bonchev–Trinajstić information content (AvgIpc) is 3.20. The van der Waals surface area contributed by atoms with Crippen molar-refractivity contribution in [2.45, 2.75) is 6.92 Å². The zero-order chi connectivity index (χ0) is 16.7. The Hall–Kier alpha value is -3.21. The van der Waals surface area contributed by atoms with Gasteiger partial charge < -0.3 is 4.98 Å². The van der Waals surface area contributed by atoms with Crippen LogP contribution in [0.3, 0.4) is 0 Å². The maximum absolute atomic E-state index is 11.7. The van der Waals surface area contributed by atoms with Crippen LogP contribution in [0.1, 0.15) is 17.3 Å². The van der Waals surface area contributed by atoms with Gasteiger partial charge in [0.15, 0.2) is 5.78 Å². The third-order valence-corrected chi connectivity index (χ3v) is 4.09. The van der Waals surface area contributed by atoms with Crippen LogP contribution in [-0.4, -0.2) is 25.5 Å². The van der Waals surface area contributed by atoms with Crippen LogP contribution in [0.25, 0.3) is 33.5 Å². The Morgan fingerprint density at radius 2 is 1.79 bits per heavy atom. The van der Waals surface area contributed by atoms with Gasteiger partial charge in [0.1, 0.15) is 5.82 Å². The van der Waals surface area contributed by atoms with Crippen LogP contribution < -0.4 is 0 Å². The van der Waals surface area contributed by atoms with E-state index < -0.39 is 0 Å². The Balaban J connectivity index is 1.75. The number of H-pyrrole nitrogens is 1. The van der Waals surface area contributed by atoms with E-state index in [0.29, 0.717) is 5.56 Å². The first-order valence-electron chi connectivity index (χ1n) is 7.71. The summed E-state index contributed by atoms with van der Waals surface area (Å²) < 4.78 is 1.78. The molecule has 0 aliphatic carbocycles. The molecule has 0 radical (unpaired) electrons. The Morgan fingerprint density at radius 3 is 2.46 bits per heavy atom. The molecule has 118 valence electrons. The zero-order valence-corrected chi connectivity index (χ0v) is 13.4. The number of hydrogen-bond acceptors (Lipinski definition) is 3. The van der Waals surface area contributed by atoms with Gasteiger partial charge in [0.05, 0.1) is 17.2 Å².